The van der Waals surface area contributed by atoms with Crippen LogP contribution in [0.15, 0.2) is 0 Å². The zero-order valence-corrected chi connectivity index (χ0v) is 19.1. The Balaban J connectivity index is 5.47. The maximum Gasteiger partial charge on any atom is 0.328 e. The molecule has 0 bridgehead atoms. The van der Waals surface area contributed by atoms with E-state index in [2.05, 4.69) is 16.0 Å². The molecule has 0 aliphatic rings. The first-order chi connectivity index (χ1) is 14.8. The van der Waals surface area contributed by atoms with Crippen LogP contribution in [-0.4, -0.2) is 70.6 Å². The van der Waals surface area contributed by atoms with E-state index in [0.717, 1.165) is 0 Å². The molecular weight excluding hydrogens is 422 g/mol. The summed E-state index contributed by atoms with van der Waals surface area (Å²) >= 11 is 0. The number of carbonyl (C=O) groups is 5. The normalized spacial score (nSPS) is 14.9. The summed E-state index contributed by atoms with van der Waals surface area (Å²) in [5, 5.41) is 25.3. The van der Waals surface area contributed by atoms with Crippen LogP contribution in [0.4, 0.5) is 0 Å². The molecule has 0 spiro atoms. The highest BCUT2D eigenvalue weighted by Gasteiger charge is 2.30. The van der Waals surface area contributed by atoms with Gasteiger partial charge < -0.3 is 37.6 Å². The molecule has 0 saturated carbocycles. The number of hydrogen-bond acceptors (Lipinski definition) is 7. The number of nitrogens with one attached hydrogen (secondary N) is 3. The Morgan fingerprint density at radius 3 is 1.69 bits per heavy atom. The molecule has 0 rings (SSSR count). The van der Waals surface area contributed by atoms with Crippen LogP contribution in [0.3, 0.4) is 0 Å². The third-order valence-electron chi connectivity index (χ3n) is 4.51. The molecule has 0 aromatic heterocycles. The summed E-state index contributed by atoms with van der Waals surface area (Å²) in [5.74, 6) is -4.14. The van der Waals surface area contributed by atoms with E-state index in [0.29, 0.717) is 6.42 Å². The third kappa shape index (κ3) is 11.6. The van der Waals surface area contributed by atoms with Crippen molar-refractivity contribution in [1.82, 2.24) is 16.0 Å². The van der Waals surface area contributed by atoms with Crippen molar-refractivity contribution in [3.63, 3.8) is 0 Å². The zero-order chi connectivity index (χ0) is 25.0. The summed E-state index contributed by atoms with van der Waals surface area (Å²) in [4.78, 5) is 60.1. The lowest BCUT2D eigenvalue weighted by atomic mass is 10.0. The maximum atomic E-state index is 12.9. The molecule has 0 heterocycles. The van der Waals surface area contributed by atoms with E-state index in [1.54, 1.807) is 13.8 Å². The Hall–Kier alpha value is -2.73. The number of rotatable bonds is 15. The number of aliphatic hydroxyl groups is 1. The Labute approximate surface area is 187 Å². The number of carboxylic acids is 1. The highest BCUT2D eigenvalue weighted by Crippen LogP contribution is 2.08. The lowest BCUT2D eigenvalue weighted by molar-refractivity contribution is -0.143. The topological polar surface area (TPSA) is 214 Å². The quantitative estimate of drug-likeness (QED) is 0.148. The largest absolute Gasteiger partial charge is 0.480 e. The van der Waals surface area contributed by atoms with E-state index >= 15 is 0 Å². The Morgan fingerprint density at radius 2 is 1.25 bits per heavy atom. The Kier molecular flexibility index (Phi) is 13.1. The summed E-state index contributed by atoms with van der Waals surface area (Å²) in [6.07, 6.45) is 0.251. The van der Waals surface area contributed by atoms with Gasteiger partial charge >= 0.3 is 5.97 Å². The minimum absolute atomic E-state index is 0.0541. The highest BCUT2D eigenvalue weighted by atomic mass is 16.4. The number of amides is 4. The van der Waals surface area contributed by atoms with Gasteiger partial charge in [0.1, 0.15) is 18.1 Å². The average Bonchev–Trinajstić information content (AvgIpc) is 2.66. The van der Waals surface area contributed by atoms with E-state index < -0.39 is 60.4 Å². The molecule has 0 radical (unpaired) electrons. The van der Waals surface area contributed by atoms with Gasteiger partial charge in [-0.3, -0.25) is 19.2 Å². The first-order valence-electron chi connectivity index (χ1n) is 10.6. The van der Waals surface area contributed by atoms with Crippen LogP contribution in [0.5, 0.6) is 0 Å². The second-order valence-corrected chi connectivity index (χ2v) is 8.57. The number of aliphatic carboxylic acids is 1. The van der Waals surface area contributed by atoms with Crippen molar-refractivity contribution >= 4 is 29.6 Å². The van der Waals surface area contributed by atoms with E-state index in [4.69, 9.17) is 21.7 Å². The molecule has 0 aliphatic carbocycles. The van der Waals surface area contributed by atoms with Crippen LogP contribution >= 0.6 is 0 Å². The SMILES string of the molecule is CC(C)CC(N)C(=O)NC(CCC(N)=O)C(=O)NC(CC(C)C)C(=O)NC(CO)C(=O)O. The highest BCUT2D eigenvalue weighted by molar-refractivity contribution is 5.94. The average molecular weight is 460 g/mol. The minimum Gasteiger partial charge on any atom is -0.480 e. The van der Waals surface area contributed by atoms with Gasteiger partial charge in [0.15, 0.2) is 0 Å². The first-order valence-corrected chi connectivity index (χ1v) is 10.6. The van der Waals surface area contributed by atoms with Crippen LogP contribution < -0.4 is 27.4 Å². The Morgan fingerprint density at radius 1 is 0.781 bits per heavy atom. The summed E-state index contributed by atoms with van der Waals surface area (Å²) in [6, 6.07) is -4.71. The lowest BCUT2D eigenvalue weighted by Crippen LogP contribution is -2.57. The van der Waals surface area contributed by atoms with Crippen LogP contribution in [0.2, 0.25) is 0 Å². The second kappa shape index (κ2) is 14.4. The van der Waals surface area contributed by atoms with E-state index in [1.165, 1.54) is 0 Å². The van der Waals surface area contributed by atoms with Gasteiger partial charge in [0.2, 0.25) is 23.6 Å². The number of nitrogens with two attached hydrogens (primary N) is 2. The number of aliphatic hydroxyl groups excluding tert-OH is 1. The van der Waals surface area contributed by atoms with Gasteiger partial charge in [-0.05, 0) is 31.1 Å². The summed E-state index contributed by atoms with van der Waals surface area (Å²) in [5.41, 5.74) is 11.0. The number of carboxylic acid groups (broad SMARTS) is 1. The smallest absolute Gasteiger partial charge is 0.328 e. The van der Waals surface area contributed by atoms with Gasteiger partial charge in [-0.2, -0.15) is 0 Å². The molecule has 4 unspecified atom stereocenters. The van der Waals surface area contributed by atoms with Crippen LogP contribution in [0.1, 0.15) is 53.4 Å². The molecule has 32 heavy (non-hydrogen) atoms. The molecule has 0 aromatic rings. The zero-order valence-electron chi connectivity index (χ0n) is 19.1. The fourth-order valence-electron chi connectivity index (χ4n) is 2.88. The van der Waals surface area contributed by atoms with Gasteiger partial charge in [-0.15, -0.1) is 0 Å². The molecule has 12 heteroatoms. The third-order valence-corrected chi connectivity index (χ3v) is 4.51. The van der Waals surface area contributed by atoms with Crippen molar-refractivity contribution in [2.45, 2.75) is 77.5 Å². The molecule has 0 saturated heterocycles. The standard InChI is InChI=1S/C20H37N5O7/c1-10(2)7-12(21)17(28)23-13(5-6-16(22)27)18(29)24-14(8-11(3)4)19(30)25-15(9-26)20(31)32/h10-15,26H,5-9,21H2,1-4H3,(H2,22,27)(H,23,28)(H,24,29)(H,25,30)(H,31,32). The van der Waals surface area contributed by atoms with Crippen molar-refractivity contribution in [2.75, 3.05) is 6.61 Å². The first kappa shape index (κ1) is 29.3. The molecule has 0 aromatic carbocycles. The second-order valence-electron chi connectivity index (χ2n) is 8.57. The van der Waals surface area contributed by atoms with Crippen molar-refractivity contribution in [3.8, 4) is 0 Å². The molecule has 0 aliphatic heterocycles. The van der Waals surface area contributed by atoms with E-state index in [-0.39, 0.29) is 31.1 Å². The monoisotopic (exact) mass is 459 g/mol. The molecular formula is C20H37N5O7. The van der Waals surface area contributed by atoms with Crippen molar-refractivity contribution < 1.29 is 34.2 Å². The number of carbonyl (C=O) groups excluding carboxylic acids is 4. The fraction of sp³-hybridized carbons (Fsp3) is 0.750. The molecule has 0 fully saturated rings. The van der Waals surface area contributed by atoms with Crippen LogP contribution in [0.25, 0.3) is 0 Å². The van der Waals surface area contributed by atoms with Crippen LogP contribution in [0, 0.1) is 11.8 Å². The summed E-state index contributed by atoms with van der Waals surface area (Å²) in [7, 11) is 0. The predicted octanol–water partition coefficient (Wildman–Crippen LogP) is -1.80. The number of hydrogen-bond donors (Lipinski definition) is 7. The summed E-state index contributed by atoms with van der Waals surface area (Å²) in [6.45, 7) is 6.54. The minimum atomic E-state index is -1.53. The number of primary amides is 1. The maximum absolute atomic E-state index is 12.9. The molecule has 4 amide bonds. The fourth-order valence-corrected chi connectivity index (χ4v) is 2.88. The Bertz CT molecular complexity index is 669. The molecule has 12 nitrogen and oxygen atoms in total. The van der Waals surface area contributed by atoms with Crippen molar-refractivity contribution in [1.29, 1.82) is 0 Å². The van der Waals surface area contributed by atoms with Gasteiger partial charge in [-0.1, -0.05) is 27.7 Å². The van der Waals surface area contributed by atoms with Crippen molar-refractivity contribution in [3.05, 3.63) is 0 Å². The molecule has 9 N–H and O–H groups in total. The van der Waals surface area contributed by atoms with E-state index in [1.807, 2.05) is 13.8 Å². The summed E-state index contributed by atoms with van der Waals surface area (Å²) < 4.78 is 0. The lowest BCUT2D eigenvalue weighted by Gasteiger charge is -2.26. The molecule has 184 valence electrons. The molecule has 4 atom stereocenters. The van der Waals surface area contributed by atoms with Gasteiger partial charge in [0, 0.05) is 6.42 Å². The van der Waals surface area contributed by atoms with Gasteiger partial charge in [0.05, 0.1) is 12.6 Å². The van der Waals surface area contributed by atoms with E-state index in [9.17, 15) is 24.0 Å². The van der Waals surface area contributed by atoms with Gasteiger partial charge in [-0.25, -0.2) is 4.79 Å². The predicted molar refractivity (Wildman–Crippen MR) is 116 cm³/mol. The van der Waals surface area contributed by atoms with Crippen molar-refractivity contribution in [2.24, 2.45) is 23.3 Å². The van der Waals surface area contributed by atoms with Crippen LogP contribution in [-0.2, 0) is 24.0 Å². The van der Waals surface area contributed by atoms with Gasteiger partial charge in [0.25, 0.3) is 0 Å².